The Hall–Kier alpha value is -3.94. The summed E-state index contributed by atoms with van der Waals surface area (Å²) in [5.74, 6) is -3.09. The molecule has 2 aromatic carbocycles. The number of benzene rings is 2. The van der Waals surface area contributed by atoms with Gasteiger partial charge in [0.2, 0.25) is 12.7 Å². The van der Waals surface area contributed by atoms with E-state index in [0.717, 1.165) is 22.1 Å². The van der Waals surface area contributed by atoms with E-state index < -0.39 is 11.9 Å². The molecule has 0 atom stereocenters. The predicted octanol–water partition coefficient (Wildman–Crippen LogP) is -0.994. The molecule has 4 rings (SSSR count). The van der Waals surface area contributed by atoms with Crippen LogP contribution in [0.2, 0.25) is 0 Å². The number of aliphatic carboxylic acids is 2. The first kappa shape index (κ1) is 18.4. The first-order valence-corrected chi connectivity index (χ1v) is 7.54. The standard InChI is InChI=1S/2C7H6N2.C4H4O4/c2*1-2-4-7-6(3-1)8-5-9-7;5-3(6)1-2-4(7)8/h2*1-5H,(H,8,9);1-2H,(H,5,6)(H,7,8)/b;;2-1-. The number of carboxylic acids is 2. The SMILES string of the molecule is O=C([O-])/C=C\C(=O)[O-].c1ccc2[nH+]c[nH]c2c1.c1ccc2[nH+]c[nH]c2c1. The molecule has 8 heteroatoms. The van der Waals surface area contributed by atoms with Crippen LogP contribution in [0.1, 0.15) is 0 Å². The van der Waals surface area contributed by atoms with Crippen molar-refractivity contribution in [2.75, 3.05) is 0 Å². The minimum atomic E-state index is -1.55. The summed E-state index contributed by atoms with van der Waals surface area (Å²) in [5.41, 5.74) is 4.60. The molecule has 8 nitrogen and oxygen atoms in total. The van der Waals surface area contributed by atoms with Gasteiger partial charge < -0.3 is 19.8 Å². The molecule has 2 heterocycles. The van der Waals surface area contributed by atoms with Crippen molar-refractivity contribution in [3.05, 3.63) is 73.3 Å². The fraction of sp³-hybridized carbons (Fsp3) is 0. The molecule has 0 bridgehead atoms. The van der Waals surface area contributed by atoms with Gasteiger partial charge in [0.15, 0.2) is 22.1 Å². The third kappa shape index (κ3) is 5.93. The van der Waals surface area contributed by atoms with Crippen molar-refractivity contribution in [2.45, 2.75) is 0 Å². The van der Waals surface area contributed by atoms with E-state index in [9.17, 15) is 19.8 Å². The number of carboxylic acid groups (broad SMARTS) is 2. The Labute approximate surface area is 147 Å². The van der Waals surface area contributed by atoms with Crippen molar-refractivity contribution in [1.82, 2.24) is 9.97 Å². The predicted molar refractivity (Wildman–Crippen MR) is 88.9 cm³/mol. The Morgan fingerprint density at radius 1 is 0.731 bits per heavy atom. The number of carbonyl (C=O) groups is 2. The molecule has 2 aromatic heterocycles. The number of hydrogen-bond acceptors (Lipinski definition) is 4. The number of para-hydroxylation sites is 4. The number of rotatable bonds is 2. The highest BCUT2D eigenvalue weighted by Crippen LogP contribution is 2.02. The summed E-state index contributed by atoms with van der Waals surface area (Å²) in [4.78, 5) is 31.1. The van der Waals surface area contributed by atoms with E-state index in [1.165, 1.54) is 0 Å². The minimum absolute atomic E-state index is 0.384. The lowest BCUT2D eigenvalue weighted by Crippen LogP contribution is -2.23. The van der Waals surface area contributed by atoms with Gasteiger partial charge in [0.25, 0.3) is 0 Å². The molecular formula is C18H16N4O4. The van der Waals surface area contributed by atoms with Crippen LogP contribution in [0, 0.1) is 0 Å². The van der Waals surface area contributed by atoms with E-state index in [1.807, 2.05) is 61.2 Å². The van der Waals surface area contributed by atoms with Gasteiger partial charge in [0.1, 0.15) is 0 Å². The normalized spacial score (nSPS) is 10.0. The number of carbonyl (C=O) groups excluding carboxylic acids is 2. The zero-order valence-corrected chi connectivity index (χ0v) is 13.6. The van der Waals surface area contributed by atoms with E-state index in [2.05, 4.69) is 19.9 Å². The number of nitrogens with one attached hydrogen (secondary N) is 4. The van der Waals surface area contributed by atoms with Gasteiger partial charge >= 0.3 is 0 Å². The van der Waals surface area contributed by atoms with Gasteiger partial charge in [-0.05, 0) is 36.4 Å². The van der Waals surface area contributed by atoms with Gasteiger partial charge in [0, 0.05) is 0 Å². The molecule has 0 amide bonds. The molecule has 4 N–H and O–H groups in total. The Kier molecular flexibility index (Phi) is 6.64. The summed E-state index contributed by atoms with van der Waals surface area (Å²) in [5, 5.41) is 18.8. The van der Waals surface area contributed by atoms with Gasteiger partial charge in [0.05, 0.1) is 11.9 Å². The minimum Gasteiger partial charge on any atom is -0.545 e. The molecule has 0 aliphatic rings. The summed E-state index contributed by atoms with van der Waals surface area (Å²) < 4.78 is 0. The number of imidazole rings is 2. The van der Waals surface area contributed by atoms with Crippen LogP contribution >= 0.6 is 0 Å². The first-order chi connectivity index (χ1) is 12.6. The molecule has 0 spiro atoms. The van der Waals surface area contributed by atoms with Crippen molar-refractivity contribution < 1.29 is 29.8 Å². The third-order valence-electron chi connectivity index (χ3n) is 3.12. The summed E-state index contributed by atoms with van der Waals surface area (Å²) in [6.45, 7) is 0. The van der Waals surface area contributed by atoms with Crippen LogP contribution in [0.3, 0.4) is 0 Å². The molecule has 0 unspecified atom stereocenters. The fourth-order valence-electron chi connectivity index (χ4n) is 1.99. The van der Waals surface area contributed by atoms with E-state index in [1.54, 1.807) is 0 Å². The van der Waals surface area contributed by atoms with Crippen LogP contribution < -0.4 is 20.2 Å². The van der Waals surface area contributed by atoms with Crippen LogP contribution in [0.15, 0.2) is 73.3 Å². The van der Waals surface area contributed by atoms with E-state index in [4.69, 9.17) is 0 Å². The Bertz CT molecular complexity index is 878. The van der Waals surface area contributed by atoms with Gasteiger partial charge in [-0.1, -0.05) is 24.3 Å². The average molecular weight is 352 g/mol. The lowest BCUT2D eigenvalue weighted by atomic mass is 10.3. The second-order valence-corrected chi connectivity index (χ2v) is 4.93. The second kappa shape index (κ2) is 9.38. The largest absolute Gasteiger partial charge is 0.545 e. The molecule has 0 radical (unpaired) electrons. The Morgan fingerprint density at radius 3 is 1.46 bits per heavy atom. The summed E-state index contributed by atoms with van der Waals surface area (Å²) >= 11 is 0. The number of fused-ring (bicyclic) bond motifs is 2. The lowest BCUT2D eigenvalue weighted by Gasteiger charge is -1.90. The highest BCUT2D eigenvalue weighted by molar-refractivity contribution is 5.87. The van der Waals surface area contributed by atoms with Crippen molar-refractivity contribution in [3.63, 3.8) is 0 Å². The molecule has 132 valence electrons. The molecular weight excluding hydrogens is 336 g/mol. The maximum atomic E-state index is 9.41. The average Bonchev–Trinajstić information content (AvgIpc) is 3.30. The van der Waals surface area contributed by atoms with Crippen molar-refractivity contribution in [2.24, 2.45) is 0 Å². The number of aromatic amines is 4. The van der Waals surface area contributed by atoms with Crippen LogP contribution in [0.5, 0.6) is 0 Å². The summed E-state index contributed by atoms with van der Waals surface area (Å²) in [6.07, 6.45) is 4.42. The Balaban J connectivity index is 0.000000141. The highest BCUT2D eigenvalue weighted by atomic mass is 16.4. The monoisotopic (exact) mass is 352 g/mol. The summed E-state index contributed by atoms with van der Waals surface area (Å²) in [7, 11) is 0. The zero-order chi connectivity index (χ0) is 18.8. The van der Waals surface area contributed by atoms with Gasteiger partial charge in [-0.3, -0.25) is 0 Å². The maximum absolute atomic E-state index is 9.41. The Morgan fingerprint density at radius 2 is 1.12 bits per heavy atom. The quantitative estimate of drug-likeness (QED) is 0.447. The van der Waals surface area contributed by atoms with E-state index in [-0.39, 0.29) is 0 Å². The zero-order valence-electron chi connectivity index (χ0n) is 13.6. The van der Waals surface area contributed by atoms with Crippen LogP contribution in [0.25, 0.3) is 22.1 Å². The number of hydrogen-bond donors (Lipinski definition) is 2. The number of H-pyrrole nitrogens is 4. The van der Waals surface area contributed by atoms with Crippen LogP contribution in [-0.2, 0) is 9.59 Å². The van der Waals surface area contributed by atoms with Crippen molar-refractivity contribution >= 4 is 34.0 Å². The van der Waals surface area contributed by atoms with Crippen molar-refractivity contribution in [3.8, 4) is 0 Å². The molecule has 0 aliphatic carbocycles. The molecule has 4 aromatic rings. The maximum Gasteiger partial charge on any atom is 0.240 e. The van der Waals surface area contributed by atoms with Crippen LogP contribution in [-0.4, -0.2) is 21.9 Å². The molecule has 0 saturated carbocycles. The van der Waals surface area contributed by atoms with Gasteiger partial charge in [-0.2, -0.15) is 0 Å². The van der Waals surface area contributed by atoms with Gasteiger partial charge in [-0.15, -0.1) is 0 Å². The van der Waals surface area contributed by atoms with Gasteiger partial charge in [-0.25, -0.2) is 19.9 Å². The van der Waals surface area contributed by atoms with E-state index >= 15 is 0 Å². The number of aromatic nitrogens is 4. The summed E-state index contributed by atoms with van der Waals surface area (Å²) in [6, 6.07) is 16.2. The van der Waals surface area contributed by atoms with Crippen molar-refractivity contribution in [1.29, 1.82) is 0 Å². The fourth-order valence-corrected chi connectivity index (χ4v) is 1.99. The molecule has 0 saturated heterocycles. The molecule has 0 fully saturated rings. The topological polar surface area (TPSA) is 140 Å². The smallest absolute Gasteiger partial charge is 0.240 e. The van der Waals surface area contributed by atoms with E-state index in [0.29, 0.717) is 12.2 Å². The highest BCUT2D eigenvalue weighted by Gasteiger charge is 1.96. The van der Waals surface area contributed by atoms with Crippen LogP contribution in [0.4, 0.5) is 0 Å². The second-order valence-electron chi connectivity index (χ2n) is 4.93. The first-order valence-electron chi connectivity index (χ1n) is 7.54. The molecule has 26 heavy (non-hydrogen) atoms. The lowest BCUT2D eigenvalue weighted by molar-refractivity contribution is -0.344. The molecule has 0 aliphatic heterocycles. The third-order valence-corrected chi connectivity index (χ3v) is 3.12.